The third-order valence-electron chi connectivity index (χ3n) is 3.72. The van der Waals surface area contributed by atoms with Crippen LogP contribution in [-0.4, -0.2) is 19.1 Å². The molecule has 3 rings (SSSR count). The average molecular weight is 388 g/mol. The molecule has 1 aliphatic heterocycles. The van der Waals surface area contributed by atoms with Gasteiger partial charge in [0.05, 0.1) is 6.04 Å². The second kappa shape index (κ2) is 7.53. The fourth-order valence-electron chi connectivity index (χ4n) is 2.43. The normalized spacial score (nSPS) is 14.4. The number of carbonyl (C=O) groups excluding carboxylic acids is 1. The summed E-state index contributed by atoms with van der Waals surface area (Å²) in [6.45, 7) is 3.07. The molecule has 0 radical (unpaired) electrons. The van der Waals surface area contributed by atoms with Crippen molar-refractivity contribution in [2.45, 2.75) is 13.0 Å². The van der Waals surface area contributed by atoms with E-state index in [4.69, 9.17) is 9.47 Å². The summed E-state index contributed by atoms with van der Waals surface area (Å²) < 4.78 is 12.0. The van der Waals surface area contributed by atoms with Crippen molar-refractivity contribution in [2.24, 2.45) is 0 Å². The number of carbonyl (C=O) groups is 1. The van der Waals surface area contributed by atoms with Crippen LogP contribution in [-0.2, 0) is 4.79 Å². The Hall–Kier alpha value is -2.27. The molecule has 0 spiro atoms. The van der Waals surface area contributed by atoms with Gasteiger partial charge in [0.25, 0.3) is 0 Å². The number of ether oxygens (including phenoxy) is 2. The first-order valence-corrected chi connectivity index (χ1v) is 8.55. The molecular formula is C19H18BrNO3. The van der Waals surface area contributed by atoms with Gasteiger partial charge in [-0.05, 0) is 48.4 Å². The molecule has 1 amide bonds. The molecule has 0 bridgehead atoms. The van der Waals surface area contributed by atoms with E-state index < -0.39 is 0 Å². The third-order valence-corrected chi connectivity index (χ3v) is 4.25. The van der Waals surface area contributed by atoms with Crippen LogP contribution >= 0.6 is 15.9 Å². The minimum Gasteiger partial charge on any atom is -0.486 e. The van der Waals surface area contributed by atoms with E-state index in [0.717, 1.165) is 21.3 Å². The predicted octanol–water partition coefficient (Wildman–Crippen LogP) is 4.11. The van der Waals surface area contributed by atoms with E-state index in [2.05, 4.69) is 21.2 Å². The molecule has 0 aliphatic carbocycles. The molecule has 0 saturated heterocycles. The number of nitrogens with one attached hydrogen (secondary N) is 1. The van der Waals surface area contributed by atoms with Gasteiger partial charge in [-0.1, -0.05) is 34.1 Å². The molecule has 124 valence electrons. The summed E-state index contributed by atoms with van der Waals surface area (Å²) in [6.07, 6.45) is 3.29. The molecule has 0 unspecified atom stereocenters. The summed E-state index contributed by atoms with van der Waals surface area (Å²) in [7, 11) is 0. The van der Waals surface area contributed by atoms with Crippen molar-refractivity contribution in [1.29, 1.82) is 0 Å². The highest BCUT2D eigenvalue weighted by molar-refractivity contribution is 9.10. The zero-order chi connectivity index (χ0) is 16.9. The standard InChI is InChI=1S/C19H18BrNO3/c1-13(15-4-6-16(20)7-5-15)21-19(22)9-3-14-2-8-17-18(12-14)24-11-10-23-17/h2-9,12-13H,10-11H2,1H3,(H,21,22)/b9-3+/t13-/m0/s1. The summed E-state index contributed by atoms with van der Waals surface area (Å²) in [5, 5.41) is 2.95. The van der Waals surface area contributed by atoms with Crippen LogP contribution in [0.2, 0.25) is 0 Å². The van der Waals surface area contributed by atoms with Crippen molar-refractivity contribution in [3.8, 4) is 11.5 Å². The van der Waals surface area contributed by atoms with Crippen LogP contribution in [0.3, 0.4) is 0 Å². The molecule has 1 N–H and O–H groups in total. The van der Waals surface area contributed by atoms with E-state index in [1.54, 1.807) is 6.08 Å². The van der Waals surface area contributed by atoms with E-state index in [0.29, 0.717) is 19.0 Å². The molecule has 24 heavy (non-hydrogen) atoms. The first-order chi connectivity index (χ1) is 11.6. The van der Waals surface area contributed by atoms with Crippen LogP contribution in [0.25, 0.3) is 6.08 Å². The smallest absolute Gasteiger partial charge is 0.244 e. The molecule has 0 saturated carbocycles. The lowest BCUT2D eigenvalue weighted by Crippen LogP contribution is -2.24. The summed E-state index contributed by atoms with van der Waals surface area (Å²) in [5.74, 6) is 1.32. The maximum atomic E-state index is 12.1. The molecule has 1 atom stereocenters. The fraction of sp³-hybridized carbons (Fsp3) is 0.211. The minimum atomic E-state index is -0.139. The molecule has 0 fully saturated rings. The number of fused-ring (bicyclic) bond motifs is 1. The first kappa shape index (κ1) is 16.6. The Morgan fingerprint density at radius 3 is 2.58 bits per heavy atom. The molecule has 1 aliphatic rings. The second-order valence-corrected chi connectivity index (χ2v) is 6.43. The number of benzene rings is 2. The topological polar surface area (TPSA) is 47.6 Å². The molecule has 5 heteroatoms. The van der Waals surface area contributed by atoms with Gasteiger partial charge in [0, 0.05) is 10.5 Å². The molecule has 2 aromatic rings. The van der Waals surface area contributed by atoms with Crippen molar-refractivity contribution in [1.82, 2.24) is 5.32 Å². The third kappa shape index (κ3) is 4.17. The zero-order valence-corrected chi connectivity index (χ0v) is 14.9. The number of halogens is 1. The number of hydrogen-bond donors (Lipinski definition) is 1. The average Bonchev–Trinajstić information content (AvgIpc) is 2.60. The first-order valence-electron chi connectivity index (χ1n) is 7.75. The van der Waals surface area contributed by atoms with Gasteiger partial charge < -0.3 is 14.8 Å². The van der Waals surface area contributed by atoms with Gasteiger partial charge in [0.1, 0.15) is 13.2 Å². The Labute approximate surface area is 149 Å². The minimum absolute atomic E-state index is 0.0597. The Kier molecular flexibility index (Phi) is 5.20. The van der Waals surface area contributed by atoms with Crippen molar-refractivity contribution in [3.63, 3.8) is 0 Å². The summed E-state index contributed by atoms with van der Waals surface area (Å²) in [5.41, 5.74) is 1.95. The van der Waals surface area contributed by atoms with Gasteiger partial charge in [-0.2, -0.15) is 0 Å². The van der Waals surface area contributed by atoms with Crippen LogP contribution in [0, 0.1) is 0 Å². The fourth-order valence-corrected chi connectivity index (χ4v) is 2.70. The van der Waals surface area contributed by atoms with Crippen LogP contribution in [0.15, 0.2) is 53.0 Å². The number of hydrogen-bond acceptors (Lipinski definition) is 3. The highest BCUT2D eigenvalue weighted by atomic mass is 79.9. The van der Waals surface area contributed by atoms with E-state index >= 15 is 0 Å². The van der Waals surface area contributed by atoms with Crippen LogP contribution in [0.5, 0.6) is 11.5 Å². The van der Waals surface area contributed by atoms with Crippen molar-refractivity contribution in [2.75, 3.05) is 13.2 Å². The van der Waals surface area contributed by atoms with Crippen LogP contribution < -0.4 is 14.8 Å². The van der Waals surface area contributed by atoms with E-state index in [1.165, 1.54) is 6.08 Å². The van der Waals surface area contributed by atoms with Crippen LogP contribution in [0.4, 0.5) is 0 Å². The Morgan fingerprint density at radius 1 is 1.12 bits per heavy atom. The Morgan fingerprint density at radius 2 is 1.83 bits per heavy atom. The van der Waals surface area contributed by atoms with Gasteiger partial charge in [0.15, 0.2) is 11.5 Å². The van der Waals surface area contributed by atoms with Gasteiger partial charge >= 0.3 is 0 Å². The lowest BCUT2D eigenvalue weighted by molar-refractivity contribution is -0.117. The van der Waals surface area contributed by atoms with Gasteiger partial charge in [0.2, 0.25) is 5.91 Å². The lowest BCUT2D eigenvalue weighted by Gasteiger charge is -2.18. The SMILES string of the molecule is C[C@H](NC(=O)/C=C/c1ccc2c(c1)OCCO2)c1ccc(Br)cc1. The molecular weight excluding hydrogens is 370 g/mol. The van der Waals surface area contributed by atoms with Gasteiger partial charge in [-0.3, -0.25) is 4.79 Å². The molecule has 4 nitrogen and oxygen atoms in total. The summed E-state index contributed by atoms with van der Waals surface area (Å²) in [4.78, 5) is 12.1. The highest BCUT2D eigenvalue weighted by Crippen LogP contribution is 2.31. The number of amides is 1. The maximum Gasteiger partial charge on any atom is 0.244 e. The largest absolute Gasteiger partial charge is 0.486 e. The van der Waals surface area contributed by atoms with E-state index in [-0.39, 0.29) is 11.9 Å². The molecule has 2 aromatic carbocycles. The van der Waals surface area contributed by atoms with Crippen molar-refractivity contribution >= 4 is 27.9 Å². The van der Waals surface area contributed by atoms with Crippen LogP contribution in [0.1, 0.15) is 24.1 Å². The van der Waals surface area contributed by atoms with Crippen molar-refractivity contribution in [3.05, 3.63) is 64.1 Å². The summed E-state index contributed by atoms with van der Waals surface area (Å²) >= 11 is 3.40. The van der Waals surface area contributed by atoms with E-state index in [9.17, 15) is 4.79 Å². The molecule has 1 heterocycles. The van der Waals surface area contributed by atoms with Gasteiger partial charge in [-0.15, -0.1) is 0 Å². The summed E-state index contributed by atoms with van der Waals surface area (Å²) in [6, 6.07) is 13.5. The predicted molar refractivity (Wildman–Crippen MR) is 97.2 cm³/mol. The zero-order valence-electron chi connectivity index (χ0n) is 13.3. The Bertz CT molecular complexity index is 756. The van der Waals surface area contributed by atoms with Gasteiger partial charge in [-0.25, -0.2) is 0 Å². The highest BCUT2D eigenvalue weighted by Gasteiger charge is 2.11. The quantitative estimate of drug-likeness (QED) is 0.802. The monoisotopic (exact) mass is 387 g/mol. The molecule has 0 aromatic heterocycles. The van der Waals surface area contributed by atoms with E-state index in [1.807, 2.05) is 49.4 Å². The second-order valence-electron chi connectivity index (χ2n) is 5.52. The lowest BCUT2D eigenvalue weighted by atomic mass is 10.1. The maximum absolute atomic E-state index is 12.1. The Balaban J connectivity index is 1.61. The number of rotatable bonds is 4. The van der Waals surface area contributed by atoms with Crippen molar-refractivity contribution < 1.29 is 14.3 Å².